The van der Waals surface area contributed by atoms with Crippen LogP contribution in [0.25, 0.3) is 11.4 Å². The van der Waals surface area contributed by atoms with Gasteiger partial charge in [-0.15, -0.1) is 0 Å². The van der Waals surface area contributed by atoms with Crippen LogP contribution in [0.5, 0.6) is 5.75 Å². The molecule has 4 rings (SSSR count). The van der Waals surface area contributed by atoms with Gasteiger partial charge in [-0.3, -0.25) is 14.0 Å². The van der Waals surface area contributed by atoms with Crippen molar-refractivity contribution in [2.75, 3.05) is 26.2 Å². The molecule has 33 heavy (non-hydrogen) atoms. The van der Waals surface area contributed by atoms with Gasteiger partial charge in [0.1, 0.15) is 17.1 Å². The standard InChI is InChI=1S/C25H28N4O4/c1-4-27(5-2)13-14-29-22(17-9-8-10-18(30)15-17)20(24(32)25(29)33)23(31)21-16(3)26-19-11-6-7-12-28(19)21/h6-12,15,22,30-31H,4-5,13-14H2,1-3H3/b23-20+. The third-order valence-electron chi connectivity index (χ3n) is 6.21. The zero-order chi connectivity index (χ0) is 23.7. The molecule has 1 saturated heterocycles. The maximum Gasteiger partial charge on any atom is 0.295 e. The van der Waals surface area contributed by atoms with Crippen LogP contribution in [0.15, 0.2) is 54.2 Å². The molecule has 0 bridgehead atoms. The van der Waals surface area contributed by atoms with Gasteiger partial charge in [-0.2, -0.15) is 0 Å². The summed E-state index contributed by atoms with van der Waals surface area (Å²) >= 11 is 0. The zero-order valence-electron chi connectivity index (χ0n) is 19.0. The molecule has 1 unspecified atom stereocenters. The number of carbonyl (C=O) groups excluding carboxylic acids is 2. The minimum absolute atomic E-state index is 0.00102. The van der Waals surface area contributed by atoms with Crippen LogP contribution in [0.4, 0.5) is 0 Å². The molecule has 1 amide bonds. The van der Waals surface area contributed by atoms with Crippen LogP contribution in [-0.4, -0.2) is 67.3 Å². The average Bonchev–Trinajstić information content (AvgIpc) is 3.27. The lowest BCUT2D eigenvalue weighted by Gasteiger charge is -2.28. The topological polar surface area (TPSA) is 98.4 Å². The van der Waals surface area contributed by atoms with E-state index in [1.807, 2.05) is 19.9 Å². The molecule has 2 aromatic heterocycles. The first kappa shape index (κ1) is 22.5. The number of aliphatic hydroxyl groups is 1. The molecule has 8 nitrogen and oxygen atoms in total. The molecule has 1 aromatic carbocycles. The van der Waals surface area contributed by atoms with Gasteiger partial charge < -0.3 is 20.0 Å². The fourth-order valence-electron chi connectivity index (χ4n) is 4.47. The number of fused-ring (bicyclic) bond motifs is 1. The lowest BCUT2D eigenvalue weighted by Crippen LogP contribution is -2.38. The van der Waals surface area contributed by atoms with Crippen LogP contribution in [-0.2, 0) is 9.59 Å². The SMILES string of the molecule is CCN(CC)CCN1C(=O)C(=O)/C(=C(/O)c2c(C)nc3ccccn23)C1c1cccc(O)c1. The van der Waals surface area contributed by atoms with Crippen LogP contribution in [0.2, 0.25) is 0 Å². The number of aliphatic hydroxyl groups excluding tert-OH is 1. The number of benzene rings is 1. The maximum absolute atomic E-state index is 13.2. The second-order valence-corrected chi connectivity index (χ2v) is 8.09. The number of likely N-dealkylation sites (N-methyl/N-ethyl adjacent to an activating group) is 1. The Kier molecular flexibility index (Phi) is 6.20. The van der Waals surface area contributed by atoms with Crippen molar-refractivity contribution in [1.29, 1.82) is 0 Å². The number of aryl methyl sites for hydroxylation is 1. The second-order valence-electron chi connectivity index (χ2n) is 8.09. The number of nitrogens with zero attached hydrogens (tertiary/aromatic N) is 4. The summed E-state index contributed by atoms with van der Waals surface area (Å²) in [5.74, 6) is -1.66. The first-order chi connectivity index (χ1) is 15.9. The molecule has 3 aromatic rings. The predicted octanol–water partition coefficient (Wildman–Crippen LogP) is 3.11. The minimum atomic E-state index is -0.818. The molecule has 1 aliphatic heterocycles. The highest BCUT2D eigenvalue weighted by Crippen LogP contribution is 2.40. The predicted molar refractivity (Wildman–Crippen MR) is 125 cm³/mol. The lowest BCUT2D eigenvalue weighted by molar-refractivity contribution is -0.140. The number of aromatic hydroxyl groups is 1. The Bertz CT molecular complexity index is 1240. The van der Waals surface area contributed by atoms with Crippen molar-refractivity contribution in [3.05, 3.63) is 71.2 Å². The smallest absolute Gasteiger partial charge is 0.295 e. The first-order valence-corrected chi connectivity index (χ1v) is 11.1. The normalized spacial score (nSPS) is 18.1. The lowest BCUT2D eigenvalue weighted by atomic mass is 9.96. The van der Waals surface area contributed by atoms with Gasteiger partial charge in [-0.1, -0.05) is 32.0 Å². The summed E-state index contributed by atoms with van der Waals surface area (Å²) in [7, 11) is 0. The van der Waals surface area contributed by atoms with Crippen LogP contribution in [0.3, 0.4) is 0 Å². The van der Waals surface area contributed by atoms with E-state index in [-0.39, 0.29) is 17.1 Å². The van der Waals surface area contributed by atoms with Crippen molar-refractivity contribution in [2.24, 2.45) is 0 Å². The molecule has 0 aliphatic carbocycles. The molecule has 3 heterocycles. The second kappa shape index (κ2) is 9.07. The number of hydrogen-bond acceptors (Lipinski definition) is 6. The van der Waals surface area contributed by atoms with Crippen LogP contribution in [0.1, 0.15) is 36.8 Å². The molecular weight excluding hydrogens is 420 g/mol. The molecule has 0 saturated carbocycles. The average molecular weight is 449 g/mol. The zero-order valence-corrected chi connectivity index (χ0v) is 19.0. The quantitative estimate of drug-likeness (QED) is 0.327. The van der Waals surface area contributed by atoms with Crippen LogP contribution < -0.4 is 0 Å². The number of amides is 1. The van der Waals surface area contributed by atoms with Gasteiger partial charge in [0, 0.05) is 19.3 Å². The first-order valence-electron chi connectivity index (χ1n) is 11.1. The summed E-state index contributed by atoms with van der Waals surface area (Å²) in [4.78, 5) is 34.5. The van der Waals surface area contributed by atoms with Gasteiger partial charge in [0.05, 0.1) is 17.3 Å². The van der Waals surface area contributed by atoms with Crippen molar-refractivity contribution >= 4 is 23.1 Å². The molecule has 1 aliphatic rings. The molecule has 0 radical (unpaired) electrons. The number of imidazole rings is 1. The summed E-state index contributed by atoms with van der Waals surface area (Å²) in [6, 6.07) is 11.1. The largest absolute Gasteiger partial charge is 0.508 e. The molecule has 172 valence electrons. The van der Waals surface area contributed by atoms with E-state index in [0.29, 0.717) is 35.7 Å². The number of aromatic nitrogens is 2. The summed E-state index contributed by atoms with van der Waals surface area (Å²) in [5, 5.41) is 21.5. The number of carbonyl (C=O) groups is 2. The van der Waals surface area contributed by atoms with Gasteiger partial charge in [0.15, 0.2) is 5.76 Å². The van der Waals surface area contributed by atoms with Gasteiger partial charge in [-0.25, -0.2) is 4.98 Å². The van der Waals surface area contributed by atoms with Gasteiger partial charge >= 0.3 is 0 Å². The van der Waals surface area contributed by atoms with E-state index in [1.54, 1.807) is 41.8 Å². The number of ketones is 1. The molecule has 2 N–H and O–H groups in total. The maximum atomic E-state index is 13.2. The van der Waals surface area contributed by atoms with Crippen LogP contribution in [0, 0.1) is 6.92 Å². The third-order valence-corrected chi connectivity index (χ3v) is 6.21. The summed E-state index contributed by atoms with van der Waals surface area (Å²) in [6.45, 7) is 8.37. The van der Waals surface area contributed by atoms with Crippen molar-refractivity contribution in [3.8, 4) is 5.75 Å². The summed E-state index contributed by atoms with van der Waals surface area (Å²) < 4.78 is 1.70. The Morgan fingerprint density at radius 1 is 1.12 bits per heavy atom. The Labute approximate surface area is 192 Å². The Hall–Kier alpha value is -3.65. The third kappa shape index (κ3) is 3.98. The minimum Gasteiger partial charge on any atom is -0.508 e. The van der Waals surface area contributed by atoms with Gasteiger partial charge in [0.2, 0.25) is 0 Å². The molecule has 1 fully saturated rings. The fourth-order valence-corrected chi connectivity index (χ4v) is 4.47. The Morgan fingerprint density at radius 2 is 1.88 bits per heavy atom. The number of phenolic OH excluding ortho intramolecular Hbond substituents is 1. The summed E-state index contributed by atoms with van der Waals surface area (Å²) in [5.41, 5.74) is 2.10. The highest BCUT2D eigenvalue weighted by molar-refractivity contribution is 6.46. The fraction of sp³-hybridized carbons (Fsp3) is 0.320. The Balaban J connectivity index is 1.88. The molecule has 0 spiro atoms. The molecular formula is C25H28N4O4. The van der Waals surface area contributed by atoms with E-state index < -0.39 is 17.7 Å². The highest BCUT2D eigenvalue weighted by Gasteiger charge is 2.46. The van der Waals surface area contributed by atoms with E-state index >= 15 is 0 Å². The number of hydrogen-bond donors (Lipinski definition) is 2. The van der Waals surface area contributed by atoms with E-state index in [2.05, 4.69) is 9.88 Å². The van der Waals surface area contributed by atoms with E-state index in [1.165, 1.54) is 17.0 Å². The van der Waals surface area contributed by atoms with Crippen molar-refractivity contribution < 1.29 is 19.8 Å². The van der Waals surface area contributed by atoms with Crippen molar-refractivity contribution in [1.82, 2.24) is 19.2 Å². The number of pyridine rings is 1. The van der Waals surface area contributed by atoms with Gasteiger partial charge in [0.25, 0.3) is 11.7 Å². The number of Topliss-reactive ketones (excluding diaryl/α,β-unsaturated/α-hetero) is 1. The molecule has 8 heteroatoms. The van der Waals surface area contributed by atoms with Crippen LogP contribution >= 0.6 is 0 Å². The van der Waals surface area contributed by atoms with E-state index in [4.69, 9.17) is 0 Å². The number of rotatable bonds is 7. The highest BCUT2D eigenvalue weighted by atomic mass is 16.3. The van der Waals surface area contributed by atoms with Gasteiger partial charge in [-0.05, 0) is 49.8 Å². The number of likely N-dealkylation sites (tertiary alicyclic amines) is 1. The monoisotopic (exact) mass is 448 g/mol. The van der Waals surface area contributed by atoms with Crippen molar-refractivity contribution in [3.63, 3.8) is 0 Å². The number of phenols is 1. The summed E-state index contributed by atoms with van der Waals surface area (Å²) in [6.07, 6.45) is 1.75. The van der Waals surface area contributed by atoms with E-state index in [0.717, 1.165) is 13.1 Å². The van der Waals surface area contributed by atoms with E-state index in [9.17, 15) is 19.8 Å². The Morgan fingerprint density at radius 3 is 2.58 bits per heavy atom. The van der Waals surface area contributed by atoms with Crippen molar-refractivity contribution in [2.45, 2.75) is 26.8 Å². The molecule has 1 atom stereocenters.